The van der Waals surface area contributed by atoms with Crippen LogP contribution < -0.4 is 15.4 Å². The maximum absolute atomic E-state index is 12.5. The number of carbonyl (C=O) groups excluding carboxylic acids is 1. The predicted molar refractivity (Wildman–Crippen MR) is 78.4 cm³/mol. The van der Waals surface area contributed by atoms with E-state index in [4.69, 9.17) is 0 Å². The number of rotatable bonds is 4. The van der Waals surface area contributed by atoms with Crippen molar-refractivity contribution in [3.05, 3.63) is 16.0 Å². The molecule has 0 aliphatic carbocycles. The van der Waals surface area contributed by atoms with Crippen molar-refractivity contribution in [1.82, 2.24) is 15.4 Å². The Bertz CT molecular complexity index is 740. The van der Waals surface area contributed by atoms with E-state index in [-0.39, 0.29) is 15.7 Å². The van der Waals surface area contributed by atoms with Crippen LogP contribution in [0.4, 0.5) is 0 Å². The van der Waals surface area contributed by atoms with Crippen LogP contribution in [-0.2, 0) is 27.8 Å². The van der Waals surface area contributed by atoms with Crippen molar-refractivity contribution in [2.24, 2.45) is 0 Å². The SMILES string of the molecule is O=C(O)c1c(S(=O)(=O)N[C@H]2CCNC2=O)sc2c1CCNC2. The summed E-state index contributed by atoms with van der Waals surface area (Å²) in [6.07, 6.45) is 0.833. The van der Waals surface area contributed by atoms with Crippen LogP contribution in [0.3, 0.4) is 0 Å². The zero-order chi connectivity index (χ0) is 15.9. The van der Waals surface area contributed by atoms with Gasteiger partial charge in [0.15, 0.2) is 0 Å². The minimum atomic E-state index is -4.05. The fourth-order valence-corrected chi connectivity index (χ4v) is 5.77. The minimum Gasteiger partial charge on any atom is -0.478 e. The maximum Gasteiger partial charge on any atom is 0.338 e. The average Bonchev–Trinajstić information content (AvgIpc) is 3.03. The lowest BCUT2D eigenvalue weighted by molar-refractivity contribution is -0.120. The lowest BCUT2D eigenvalue weighted by atomic mass is 10.1. The van der Waals surface area contributed by atoms with Gasteiger partial charge in [0, 0.05) is 18.0 Å². The second kappa shape index (κ2) is 5.61. The predicted octanol–water partition coefficient (Wildman–Crippen LogP) is -0.741. The van der Waals surface area contributed by atoms with Crippen LogP contribution in [0.15, 0.2) is 4.21 Å². The summed E-state index contributed by atoms with van der Waals surface area (Å²) in [5, 5.41) is 15.0. The molecule has 0 radical (unpaired) electrons. The summed E-state index contributed by atoms with van der Waals surface area (Å²) in [5.41, 5.74) is 0.417. The molecule has 0 unspecified atom stereocenters. The highest BCUT2D eigenvalue weighted by Gasteiger charge is 2.35. The van der Waals surface area contributed by atoms with Crippen LogP contribution in [-0.4, -0.2) is 44.5 Å². The van der Waals surface area contributed by atoms with Gasteiger partial charge in [0.1, 0.15) is 10.3 Å². The molecule has 10 heteroatoms. The summed E-state index contributed by atoms with van der Waals surface area (Å²) in [6, 6.07) is -0.844. The number of nitrogens with one attached hydrogen (secondary N) is 3. The van der Waals surface area contributed by atoms with Gasteiger partial charge in [0.25, 0.3) is 10.0 Å². The van der Waals surface area contributed by atoms with Crippen LogP contribution in [0.2, 0.25) is 0 Å². The lowest BCUT2D eigenvalue weighted by Gasteiger charge is -2.12. The van der Waals surface area contributed by atoms with Crippen molar-refractivity contribution in [3.8, 4) is 0 Å². The second-order valence-corrected chi connectivity index (χ2v) is 8.17. The van der Waals surface area contributed by atoms with Crippen molar-refractivity contribution in [1.29, 1.82) is 0 Å². The third-order valence-corrected chi connectivity index (χ3v) is 6.92. The van der Waals surface area contributed by atoms with E-state index in [1.165, 1.54) is 0 Å². The van der Waals surface area contributed by atoms with E-state index in [2.05, 4.69) is 15.4 Å². The molecular weight excluding hydrogens is 330 g/mol. The normalized spacial score (nSPS) is 21.5. The number of hydrogen-bond donors (Lipinski definition) is 4. The van der Waals surface area contributed by atoms with Crippen molar-refractivity contribution >= 4 is 33.2 Å². The second-order valence-electron chi connectivity index (χ2n) is 5.15. The fraction of sp³-hybridized carbons (Fsp3) is 0.500. The van der Waals surface area contributed by atoms with Gasteiger partial charge in [-0.15, -0.1) is 11.3 Å². The Labute approximate surface area is 131 Å². The smallest absolute Gasteiger partial charge is 0.338 e. The molecule has 3 rings (SSSR count). The van der Waals surface area contributed by atoms with Crippen LogP contribution in [0.1, 0.15) is 27.2 Å². The number of carboxylic acid groups (broad SMARTS) is 1. The molecule has 1 saturated heterocycles. The van der Waals surface area contributed by atoms with Gasteiger partial charge >= 0.3 is 5.97 Å². The summed E-state index contributed by atoms with van der Waals surface area (Å²) in [6.45, 7) is 1.48. The Morgan fingerprint density at radius 3 is 2.77 bits per heavy atom. The Kier molecular flexibility index (Phi) is 3.93. The fourth-order valence-electron chi connectivity index (χ4n) is 2.66. The highest BCUT2D eigenvalue weighted by molar-refractivity contribution is 7.91. The minimum absolute atomic E-state index is 0.160. The van der Waals surface area contributed by atoms with Crippen LogP contribution in [0.25, 0.3) is 0 Å². The molecule has 2 aliphatic heterocycles. The van der Waals surface area contributed by atoms with E-state index < -0.39 is 22.0 Å². The highest BCUT2D eigenvalue weighted by atomic mass is 32.2. The van der Waals surface area contributed by atoms with Crippen LogP contribution >= 0.6 is 11.3 Å². The molecule has 3 heterocycles. The Balaban J connectivity index is 2.01. The molecule has 0 spiro atoms. The van der Waals surface area contributed by atoms with Crippen molar-refractivity contribution < 1.29 is 23.1 Å². The molecule has 1 aromatic heterocycles. The standard InChI is InChI=1S/C12H15N3O5S2/c16-10-7(2-4-14-10)15-22(19,20)12-9(11(17)18)6-1-3-13-5-8(6)21-12/h7,13,15H,1-5H2,(H,14,16)(H,17,18)/t7-/m0/s1. The molecule has 22 heavy (non-hydrogen) atoms. The first kappa shape index (κ1) is 15.4. The van der Waals surface area contributed by atoms with Crippen LogP contribution in [0, 0.1) is 0 Å². The van der Waals surface area contributed by atoms with E-state index in [1.807, 2.05) is 0 Å². The molecule has 2 aliphatic rings. The van der Waals surface area contributed by atoms with Crippen molar-refractivity contribution in [3.63, 3.8) is 0 Å². The number of thiophene rings is 1. The van der Waals surface area contributed by atoms with Gasteiger partial charge < -0.3 is 15.7 Å². The number of fused-ring (bicyclic) bond motifs is 1. The summed E-state index contributed by atoms with van der Waals surface area (Å²) < 4.78 is 27.1. The maximum atomic E-state index is 12.5. The Morgan fingerprint density at radius 2 is 2.14 bits per heavy atom. The molecule has 0 saturated carbocycles. The van der Waals surface area contributed by atoms with Gasteiger partial charge in [-0.05, 0) is 24.9 Å². The molecule has 8 nitrogen and oxygen atoms in total. The molecular formula is C12H15N3O5S2. The molecule has 1 atom stereocenters. The van der Waals surface area contributed by atoms with Gasteiger partial charge in [-0.1, -0.05) is 0 Å². The van der Waals surface area contributed by atoms with E-state index in [1.54, 1.807) is 0 Å². The molecule has 4 N–H and O–H groups in total. The summed E-state index contributed by atoms with van der Waals surface area (Å²) in [7, 11) is -4.05. The van der Waals surface area contributed by atoms with Gasteiger partial charge in [-0.25, -0.2) is 13.2 Å². The average molecular weight is 345 g/mol. The number of aromatic carboxylic acids is 1. The summed E-state index contributed by atoms with van der Waals surface area (Å²) >= 11 is 0.956. The number of amides is 1. The first-order valence-corrected chi connectivity index (χ1v) is 9.08. The first-order chi connectivity index (χ1) is 10.4. The molecule has 1 fully saturated rings. The van der Waals surface area contributed by atoms with Gasteiger partial charge in [-0.2, -0.15) is 4.72 Å². The molecule has 1 amide bonds. The summed E-state index contributed by atoms with van der Waals surface area (Å²) in [4.78, 5) is 23.8. The van der Waals surface area contributed by atoms with Crippen molar-refractivity contribution in [2.45, 2.75) is 29.6 Å². The van der Waals surface area contributed by atoms with E-state index in [9.17, 15) is 23.1 Å². The van der Waals surface area contributed by atoms with Crippen LogP contribution in [0.5, 0.6) is 0 Å². The number of hydrogen-bond acceptors (Lipinski definition) is 6. The van der Waals surface area contributed by atoms with Gasteiger partial charge in [-0.3, -0.25) is 4.79 Å². The monoisotopic (exact) mass is 345 g/mol. The van der Waals surface area contributed by atoms with Gasteiger partial charge in [0.05, 0.1) is 5.56 Å². The number of carboxylic acids is 1. The summed E-state index contributed by atoms with van der Waals surface area (Å²) in [5.74, 6) is -1.64. The third kappa shape index (κ3) is 2.62. The molecule has 0 bridgehead atoms. The molecule has 1 aromatic rings. The molecule has 120 valence electrons. The Hall–Kier alpha value is -1.49. The Morgan fingerprint density at radius 1 is 1.36 bits per heavy atom. The highest BCUT2D eigenvalue weighted by Crippen LogP contribution is 2.34. The number of carbonyl (C=O) groups is 2. The zero-order valence-electron chi connectivity index (χ0n) is 11.5. The third-order valence-electron chi connectivity index (χ3n) is 3.70. The number of sulfonamides is 1. The first-order valence-electron chi connectivity index (χ1n) is 6.79. The molecule has 0 aromatic carbocycles. The van der Waals surface area contributed by atoms with E-state index in [0.29, 0.717) is 38.0 Å². The van der Waals surface area contributed by atoms with Gasteiger partial charge in [0.2, 0.25) is 5.91 Å². The zero-order valence-corrected chi connectivity index (χ0v) is 13.1. The lowest BCUT2D eigenvalue weighted by Crippen LogP contribution is -2.40. The van der Waals surface area contributed by atoms with E-state index >= 15 is 0 Å². The topological polar surface area (TPSA) is 125 Å². The quantitative estimate of drug-likeness (QED) is 0.570. The largest absolute Gasteiger partial charge is 0.478 e. The van der Waals surface area contributed by atoms with E-state index in [0.717, 1.165) is 16.2 Å². The van der Waals surface area contributed by atoms with Crippen molar-refractivity contribution in [2.75, 3.05) is 13.1 Å².